The van der Waals surface area contributed by atoms with Crippen LogP contribution in [0.5, 0.6) is 0 Å². The molecule has 14 heteroatoms. The molecule has 0 bridgehead atoms. The molecule has 6 unspecified atom stereocenters. The number of hydrogen-bond acceptors (Lipinski definition) is 12. The minimum atomic E-state index is -5.13. The van der Waals surface area contributed by atoms with Gasteiger partial charge in [0.2, 0.25) is 0 Å². The fraction of sp³-hybridized carbons (Fsp3) is 0.783. The minimum absolute atomic E-state index is 0.0225. The number of aliphatic hydroxyl groups is 5. The molecule has 6 N–H and O–H groups in total. The number of aliphatic hydroxyl groups excluding tert-OH is 5. The number of esters is 2. The molecule has 0 spiro atoms. The van der Waals surface area contributed by atoms with Gasteiger partial charge in [-0.2, -0.15) is 0 Å². The third-order valence-electron chi connectivity index (χ3n) is 10.4. The van der Waals surface area contributed by atoms with Crippen LogP contribution in [0.3, 0.4) is 0 Å². The molecule has 13 nitrogen and oxygen atoms in total. The van der Waals surface area contributed by atoms with Crippen LogP contribution in [0.25, 0.3) is 0 Å². The average Bonchev–Trinajstić information content (AvgIpc) is 3.23. The van der Waals surface area contributed by atoms with Crippen LogP contribution in [0.1, 0.15) is 174 Å². The van der Waals surface area contributed by atoms with Crippen molar-refractivity contribution < 1.29 is 63.1 Å². The lowest BCUT2D eigenvalue weighted by Crippen LogP contribution is -2.64. The maximum absolute atomic E-state index is 12.8. The smallest absolute Gasteiger partial charge is 0.462 e. The zero-order valence-corrected chi connectivity index (χ0v) is 37.6. The molecule has 1 aliphatic rings. The van der Waals surface area contributed by atoms with Crippen LogP contribution in [0.2, 0.25) is 0 Å². The number of allylic oxidation sites excluding steroid dienone is 8. The second-order valence-electron chi connectivity index (χ2n) is 15.9. The molecule has 0 aromatic heterocycles. The van der Waals surface area contributed by atoms with E-state index in [1.54, 1.807) is 0 Å². The number of carbonyl (C=O) groups excluding carboxylic acids is 2. The van der Waals surface area contributed by atoms with Gasteiger partial charge in [0.15, 0.2) is 6.10 Å². The number of phosphoric acid groups is 1. The van der Waals surface area contributed by atoms with Gasteiger partial charge >= 0.3 is 19.8 Å². The quantitative estimate of drug-likeness (QED) is 0.0149. The Morgan fingerprint density at radius 1 is 0.517 bits per heavy atom. The van der Waals surface area contributed by atoms with E-state index in [1.807, 2.05) is 12.2 Å². The molecule has 0 radical (unpaired) electrons. The van der Waals surface area contributed by atoms with Gasteiger partial charge in [0.25, 0.3) is 0 Å². The Kier molecular flexibility index (Phi) is 33.8. The van der Waals surface area contributed by atoms with Crippen LogP contribution in [-0.4, -0.2) is 98.3 Å². The number of rotatable bonds is 37. The summed E-state index contributed by atoms with van der Waals surface area (Å²) in [7, 11) is -5.13. The molecule has 0 aliphatic heterocycles. The molecule has 60 heavy (non-hydrogen) atoms. The van der Waals surface area contributed by atoms with Crippen LogP contribution < -0.4 is 0 Å². The summed E-state index contributed by atoms with van der Waals surface area (Å²) in [5, 5.41) is 50.1. The third-order valence-corrected chi connectivity index (χ3v) is 11.4. The fourth-order valence-electron chi connectivity index (χ4n) is 6.65. The predicted octanol–water partition coefficient (Wildman–Crippen LogP) is 8.78. The SMILES string of the molecule is CCCCCCC/C=C/CCCCCCCC(=O)OC[C@H](COP(=O)(O)OC1C(O)C(O)C(O)[C@@H](O)C1O)OC(=O)CCC/C=C/C/C=C/C/C=C/CCCCCCCC. The third kappa shape index (κ3) is 28.4. The largest absolute Gasteiger partial charge is 0.472 e. The Bertz CT molecular complexity index is 1240. The Morgan fingerprint density at radius 3 is 1.43 bits per heavy atom. The van der Waals surface area contributed by atoms with E-state index in [-0.39, 0.29) is 12.8 Å². The van der Waals surface area contributed by atoms with E-state index < -0.39 is 75.7 Å². The van der Waals surface area contributed by atoms with Gasteiger partial charge in [0.05, 0.1) is 6.61 Å². The molecule has 0 aromatic carbocycles. The summed E-state index contributed by atoms with van der Waals surface area (Å²) < 4.78 is 33.4. The highest BCUT2D eigenvalue weighted by Gasteiger charge is 2.51. The van der Waals surface area contributed by atoms with Crippen LogP contribution in [0.4, 0.5) is 0 Å². The maximum atomic E-state index is 12.8. The lowest BCUT2D eigenvalue weighted by molar-refractivity contribution is -0.220. The van der Waals surface area contributed by atoms with Crippen molar-refractivity contribution in [3.8, 4) is 0 Å². The van der Waals surface area contributed by atoms with Crippen molar-refractivity contribution in [3.63, 3.8) is 0 Å². The topological polar surface area (TPSA) is 210 Å². The Balaban J connectivity index is 2.52. The Hall–Kier alpha value is -2.19. The Labute approximate surface area is 360 Å². The molecule has 1 saturated carbocycles. The van der Waals surface area contributed by atoms with Gasteiger partial charge in [0, 0.05) is 12.8 Å². The number of ether oxygens (including phenoxy) is 2. The summed E-state index contributed by atoms with van der Waals surface area (Å²) in [5.41, 5.74) is 0. The zero-order chi connectivity index (χ0) is 44.3. The van der Waals surface area contributed by atoms with E-state index in [9.17, 15) is 44.6 Å². The number of unbranched alkanes of at least 4 members (excludes halogenated alkanes) is 17. The summed E-state index contributed by atoms with van der Waals surface area (Å²) >= 11 is 0. The highest BCUT2D eigenvalue weighted by Crippen LogP contribution is 2.47. The van der Waals surface area contributed by atoms with Crippen molar-refractivity contribution >= 4 is 19.8 Å². The van der Waals surface area contributed by atoms with E-state index in [4.69, 9.17) is 18.5 Å². The molecule has 0 saturated heterocycles. The molecule has 0 aromatic rings. The van der Waals surface area contributed by atoms with E-state index in [0.29, 0.717) is 19.3 Å². The first-order valence-corrected chi connectivity index (χ1v) is 24.4. The highest BCUT2D eigenvalue weighted by atomic mass is 31.2. The first-order valence-electron chi connectivity index (χ1n) is 22.9. The van der Waals surface area contributed by atoms with E-state index in [1.165, 1.54) is 70.6 Å². The predicted molar refractivity (Wildman–Crippen MR) is 235 cm³/mol. The highest BCUT2D eigenvalue weighted by molar-refractivity contribution is 7.47. The molecular formula is C46H81O13P. The van der Waals surface area contributed by atoms with E-state index >= 15 is 0 Å². The monoisotopic (exact) mass is 873 g/mol. The summed E-state index contributed by atoms with van der Waals surface area (Å²) in [6.45, 7) is 3.23. The zero-order valence-electron chi connectivity index (χ0n) is 36.7. The van der Waals surface area contributed by atoms with Crippen LogP contribution in [0, 0.1) is 0 Å². The molecule has 1 aliphatic carbocycles. The van der Waals surface area contributed by atoms with Crippen molar-refractivity contribution in [3.05, 3.63) is 48.6 Å². The number of phosphoric ester groups is 1. The molecule has 0 heterocycles. The molecular weight excluding hydrogens is 791 g/mol. The van der Waals surface area contributed by atoms with Crippen LogP contribution >= 0.6 is 7.82 Å². The molecule has 348 valence electrons. The fourth-order valence-corrected chi connectivity index (χ4v) is 7.62. The lowest BCUT2D eigenvalue weighted by Gasteiger charge is -2.41. The second-order valence-corrected chi connectivity index (χ2v) is 17.3. The van der Waals surface area contributed by atoms with Crippen molar-refractivity contribution in [1.29, 1.82) is 0 Å². The first-order chi connectivity index (χ1) is 28.9. The summed E-state index contributed by atoms with van der Waals surface area (Å²) in [5.74, 6) is -1.17. The molecule has 0 amide bonds. The molecule has 1 rings (SSSR count). The lowest BCUT2D eigenvalue weighted by atomic mass is 9.85. The van der Waals surface area contributed by atoms with Gasteiger partial charge in [-0.15, -0.1) is 0 Å². The first kappa shape index (κ1) is 55.8. The van der Waals surface area contributed by atoms with Crippen molar-refractivity contribution in [2.75, 3.05) is 13.2 Å². The van der Waals surface area contributed by atoms with E-state index in [0.717, 1.165) is 57.8 Å². The van der Waals surface area contributed by atoms with Gasteiger partial charge in [-0.05, 0) is 70.6 Å². The van der Waals surface area contributed by atoms with Gasteiger partial charge in [0.1, 0.15) is 43.2 Å². The van der Waals surface area contributed by atoms with Crippen LogP contribution in [0.15, 0.2) is 48.6 Å². The van der Waals surface area contributed by atoms with Crippen molar-refractivity contribution in [2.24, 2.45) is 0 Å². The number of hydrogen-bond donors (Lipinski definition) is 6. The molecule has 8 atom stereocenters. The summed E-state index contributed by atoms with van der Waals surface area (Å²) in [6, 6.07) is 0. The van der Waals surface area contributed by atoms with Gasteiger partial charge in [-0.1, -0.05) is 140 Å². The normalized spacial score (nSPS) is 22.6. The summed E-state index contributed by atoms with van der Waals surface area (Å²) in [4.78, 5) is 35.6. The Morgan fingerprint density at radius 2 is 0.917 bits per heavy atom. The summed E-state index contributed by atoms with van der Waals surface area (Å²) in [6.07, 6.45) is 28.9. The molecule has 1 fully saturated rings. The van der Waals surface area contributed by atoms with Gasteiger partial charge in [-0.25, -0.2) is 4.57 Å². The van der Waals surface area contributed by atoms with Crippen LogP contribution in [-0.2, 0) is 32.7 Å². The van der Waals surface area contributed by atoms with Crippen molar-refractivity contribution in [1.82, 2.24) is 0 Å². The average molecular weight is 873 g/mol. The van der Waals surface area contributed by atoms with Gasteiger partial charge in [-0.3, -0.25) is 18.6 Å². The maximum Gasteiger partial charge on any atom is 0.472 e. The standard InChI is InChI=1S/C46H81O13P/c1-3-5-7-9-11-13-15-17-19-20-21-23-25-27-29-31-33-35-40(48)58-38(37-57-60(54,55)59-46-44(52)42(50)41(49)43(51)45(46)53)36-56-39(47)34-32-30-28-26-24-22-18-16-14-12-10-8-6-4-2/h16-19,21,23,27,29,38,41-46,49-53H,3-15,20,22,24-26,28,30-37H2,1-2H3,(H,54,55)/b18-16+,19-17+,23-21+,29-27+/t38-,41?,42-,43?,44?,45?,46?/m1/s1. The second kappa shape index (κ2) is 36.3. The number of carbonyl (C=O) groups is 2. The minimum Gasteiger partial charge on any atom is -0.462 e. The van der Waals surface area contributed by atoms with Crippen molar-refractivity contribution in [2.45, 2.75) is 217 Å². The van der Waals surface area contributed by atoms with E-state index in [2.05, 4.69) is 50.3 Å². The van der Waals surface area contributed by atoms with Gasteiger partial charge < -0.3 is 39.9 Å².